The molecule has 1 amide bonds. The first-order valence-electron chi connectivity index (χ1n) is 12.2. The number of rotatable bonds is 13. The van der Waals surface area contributed by atoms with Gasteiger partial charge in [-0.1, -0.05) is 86.6 Å². The Morgan fingerprint density at radius 1 is 0.778 bits per heavy atom. The molecule has 0 radical (unpaired) electrons. The van der Waals surface area contributed by atoms with Crippen molar-refractivity contribution < 1.29 is 23.8 Å². The van der Waals surface area contributed by atoms with Gasteiger partial charge in [-0.25, -0.2) is 4.79 Å². The molecule has 0 bridgehead atoms. The molecular weight excluding hydrogens is 454 g/mol. The fourth-order valence-corrected chi connectivity index (χ4v) is 3.77. The second kappa shape index (κ2) is 14.0. The predicted octanol–water partition coefficient (Wildman–Crippen LogP) is 5.10. The molecule has 0 saturated carbocycles. The Bertz CT molecular complexity index is 1070. The maximum absolute atomic E-state index is 13.2. The summed E-state index contributed by atoms with van der Waals surface area (Å²) in [6.45, 7) is 4.75. The van der Waals surface area contributed by atoms with Crippen LogP contribution in [-0.2, 0) is 38.7 Å². The third-order valence-electron chi connectivity index (χ3n) is 5.69. The Morgan fingerprint density at radius 2 is 1.36 bits per heavy atom. The SMILES string of the molecule is COC(=O)[C@@H](CC(C)C)NC(=O)[C@@H](Cc1ccc(OCc2ccccc2)cc1)OCc1ccccc1. The van der Waals surface area contributed by atoms with Crippen LogP contribution >= 0.6 is 0 Å². The lowest BCUT2D eigenvalue weighted by Crippen LogP contribution is -2.47. The van der Waals surface area contributed by atoms with Gasteiger partial charge in [0.05, 0.1) is 13.7 Å². The van der Waals surface area contributed by atoms with E-state index in [0.717, 1.165) is 22.4 Å². The first kappa shape index (κ1) is 27.0. The molecule has 190 valence electrons. The first-order chi connectivity index (χ1) is 17.4. The van der Waals surface area contributed by atoms with E-state index in [1.54, 1.807) is 0 Å². The van der Waals surface area contributed by atoms with E-state index in [1.165, 1.54) is 7.11 Å². The number of methoxy groups -OCH3 is 1. The van der Waals surface area contributed by atoms with E-state index in [9.17, 15) is 9.59 Å². The van der Waals surface area contributed by atoms with Gasteiger partial charge in [0.25, 0.3) is 0 Å². The van der Waals surface area contributed by atoms with Crippen molar-refractivity contribution in [3.8, 4) is 5.75 Å². The van der Waals surface area contributed by atoms with E-state index in [-0.39, 0.29) is 18.4 Å². The minimum atomic E-state index is -0.777. The summed E-state index contributed by atoms with van der Waals surface area (Å²) in [5.74, 6) is 0.156. The van der Waals surface area contributed by atoms with Gasteiger partial charge in [-0.3, -0.25) is 4.79 Å². The summed E-state index contributed by atoms with van der Waals surface area (Å²) < 4.78 is 16.8. The van der Waals surface area contributed by atoms with E-state index < -0.39 is 18.1 Å². The number of carbonyl (C=O) groups is 2. The molecule has 3 aromatic rings. The monoisotopic (exact) mass is 489 g/mol. The van der Waals surface area contributed by atoms with Crippen molar-refractivity contribution in [2.75, 3.05) is 7.11 Å². The molecule has 36 heavy (non-hydrogen) atoms. The Hall–Kier alpha value is -3.64. The minimum Gasteiger partial charge on any atom is -0.489 e. The molecule has 3 aromatic carbocycles. The molecule has 0 aliphatic rings. The number of amides is 1. The zero-order chi connectivity index (χ0) is 25.8. The van der Waals surface area contributed by atoms with Crippen molar-refractivity contribution in [3.63, 3.8) is 0 Å². The zero-order valence-electron chi connectivity index (χ0n) is 21.2. The van der Waals surface area contributed by atoms with Crippen LogP contribution in [0.2, 0.25) is 0 Å². The van der Waals surface area contributed by atoms with Gasteiger partial charge in [-0.15, -0.1) is 0 Å². The normalized spacial score (nSPS) is 12.6. The summed E-state index contributed by atoms with van der Waals surface area (Å²) in [6.07, 6.45) is 0.0606. The van der Waals surface area contributed by atoms with E-state index in [1.807, 2.05) is 98.8 Å². The largest absolute Gasteiger partial charge is 0.489 e. The Kier molecular flexibility index (Phi) is 10.5. The standard InChI is InChI=1S/C30H35NO5/c1-22(2)18-27(30(33)34-3)31-29(32)28(36-21-25-12-8-5-9-13-25)19-23-14-16-26(17-15-23)35-20-24-10-6-4-7-11-24/h4-17,22,27-28H,18-21H2,1-3H3,(H,31,32)/t27-,28-/m1/s1. The average molecular weight is 490 g/mol. The van der Waals surface area contributed by atoms with Crippen LogP contribution < -0.4 is 10.1 Å². The van der Waals surface area contributed by atoms with Gasteiger partial charge in [0.2, 0.25) is 5.91 Å². The highest BCUT2D eigenvalue weighted by molar-refractivity contribution is 5.87. The van der Waals surface area contributed by atoms with Gasteiger partial charge in [0, 0.05) is 6.42 Å². The topological polar surface area (TPSA) is 73.9 Å². The van der Waals surface area contributed by atoms with Gasteiger partial charge in [-0.05, 0) is 41.2 Å². The number of hydrogen-bond donors (Lipinski definition) is 1. The van der Waals surface area contributed by atoms with Crippen molar-refractivity contribution >= 4 is 11.9 Å². The Morgan fingerprint density at radius 3 is 1.92 bits per heavy atom. The number of esters is 1. The smallest absolute Gasteiger partial charge is 0.328 e. The molecule has 0 aliphatic carbocycles. The van der Waals surface area contributed by atoms with Crippen LogP contribution in [0.5, 0.6) is 5.75 Å². The number of hydrogen-bond acceptors (Lipinski definition) is 5. The van der Waals surface area contributed by atoms with Gasteiger partial charge in [0.1, 0.15) is 24.5 Å². The van der Waals surface area contributed by atoms with Crippen molar-refractivity contribution in [1.82, 2.24) is 5.32 Å². The van der Waals surface area contributed by atoms with Crippen LogP contribution in [0.3, 0.4) is 0 Å². The van der Waals surface area contributed by atoms with Crippen molar-refractivity contribution in [2.45, 2.75) is 52.0 Å². The average Bonchev–Trinajstić information content (AvgIpc) is 2.90. The van der Waals surface area contributed by atoms with Crippen LogP contribution in [0.1, 0.15) is 37.0 Å². The zero-order valence-corrected chi connectivity index (χ0v) is 21.2. The fraction of sp³-hybridized carbons (Fsp3) is 0.333. The maximum atomic E-state index is 13.2. The van der Waals surface area contributed by atoms with Gasteiger partial charge in [0.15, 0.2) is 0 Å². The van der Waals surface area contributed by atoms with Crippen LogP contribution in [0.25, 0.3) is 0 Å². The first-order valence-corrected chi connectivity index (χ1v) is 12.2. The van der Waals surface area contributed by atoms with E-state index in [2.05, 4.69) is 5.32 Å². The molecule has 0 fully saturated rings. The van der Waals surface area contributed by atoms with E-state index in [4.69, 9.17) is 14.2 Å². The summed E-state index contributed by atoms with van der Waals surface area (Å²) >= 11 is 0. The summed E-state index contributed by atoms with van der Waals surface area (Å²) in [5.41, 5.74) is 2.98. The molecule has 1 N–H and O–H groups in total. The summed E-state index contributed by atoms with van der Waals surface area (Å²) in [4.78, 5) is 25.5. The van der Waals surface area contributed by atoms with Crippen LogP contribution in [0.4, 0.5) is 0 Å². The molecule has 2 atom stereocenters. The number of carbonyl (C=O) groups excluding carboxylic acids is 2. The summed E-state index contributed by atoms with van der Waals surface area (Å²) in [7, 11) is 1.33. The third-order valence-corrected chi connectivity index (χ3v) is 5.69. The molecule has 0 aromatic heterocycles. The van der Waals surface area contributed by atoms with Gasteiger partial charge < -0.3 is 19.5 Å². The van der Waals surface area contributed by atoms with Crippen molar-refractivity contribution in [2.24, 2.45) is 5.92 Å². The van der Waals surface area contributed by atoms with Gasteiger partial charge >= 0.3 is 5.97 Å². The Labute approximate surface area is 213 Å². The van der Waals surface area contributed by atoms with Gasteiger partial charge in [-0.2, -0.15) is 0 Å². The number of nitrogens with one attached hydrogen (secondary N) is 1. The van der Waals surface area contributed by atoms with Crippen LogP contribution in [0, 0.1) is 5.92 Å². The van der Waals surface area contributed by atoms with Crippen LogP contribution in [-0.4, -0.2) is 31.1 Å². The molecule has 0 unspecified atom stereocenters. The summed E-state index contributed by atoms with van der Waals surface area (Å²) in [6, 6.07) is 26.6. The second-order valence-electron chi connectivity index (χ2n) is 9.12. The highest BCUT2D eigenvalue weighted by Gasteiger charge is 2.27. The van der Waals surface area contributed by atoms with Crippen molar-refractivity contribution in [1.29, 1.82) is 0 Å². The molecule has 0 heterocycles. The lowest BCUT2D eigenvalue weighted by Gasteiger charge is -2.23. The highest BCUT2D eigenvalue weighted by Crippen LogP contribution is 2.17. The molecule has 0 spiro atoms. The quantitative estimate of drug-likeness (QED) is 0.338. The second-order valence-corrected chi connectivity index (χ2v) is 9.12. The minimum absolute atomic E-state index is 0.210. The lowest BCUT2D eigenvalue weighted by molar-refractivity contribution is -0.147. The predicted molar refractivity (Wildman–Crippen MR) is 139 cm³/mol. The fourth-order valence-electron chi connectivity index (χ4n) is 3.77. The van der Waals surface area contributed by atoms with E-state index >= 15 is 0 Å². The molecule has 0 saturated heterocycles. The van der Waals surface area contributed by atoms with Crippen LogP contribution in [0.15, 0.2) is 84.9 Å². The highest BCUT2D eigenvalue weighted by atomic mass is 16.5. The molecular formula is C30H35NO5. The molecule has 6 heteroatoms. The summed E-state index contributed by atoms with van der Waals surface area (Å²) in [5, 5.41) is 2.84. The van der Waals surface area contributed by atoms with Crippen molar-refractivity contribution in [3.05, 3.63) is 102 Å². The molecule has 6 nitrogen and oxygen atoms in total. The molecule has 0 aliphatic heterocycles. The van der Waals surface area contributed by atoms with E-state index in [0.29, 0.717) is 19.4 Å². The Balaban J connectivity index is 1.68. The number of benzene rings is 3. The third kappa shape index (κ3) is 8.86. The molecule has 3 rings (SSSR count). The number of ether oxygens (including phenoxy) is 3. The lowest BCUT2D eigenvalue weighted by atomic mass is 10.0. The maximum Gasteiger partial charge on any atom is 0.328 e.